The van der Waals surface area contributed by atoms with E-state index in [1.165, 1.54) is 4.90 Å². The summed E-state index contributed by atoms with van der Waals surface area (Å²) in [5, 5.41) is 4.77. The number of nitrogens with one attached hydrogen (secondary N) is 2. The minimum absolute atomic E-state index is 0.0986. The molecule has 3 aromatic rings. The van der Waals surface area contributed by atoms with Gasteiger partial charge in [-0.05, 0) is 54.7 Å². The van der Waals surface area contributed by atoms with Crippen LogP contribution in [-0.2, 0) is 26.2 Å². The van der Waals surface area contributed by atoms with Crippen molar-refractivity contribution >= 4 is 32.6 Å². The summed E-state index contributed by atoms with van der Waals surface area (Å²) in [5.74, 6) is -0.645. The molecule has 4 rings (SSSR count). The van der Waals surface area contributed by atoms with E-state index in [9.17, 15) is 18.0 Å². The van der Waals surface area contributed by atoms with E-state index in [0.717, 1.165) is 47.6 Å². The lowest BCUT2D eigenvalue weighted by Gasteiger charge is -2.28. The highest BCUT2D eigenvalue weighted by Crippen LogP contribution is 2.20. The minimum atomic E-state index is -3.97. The predicted molar refractivity (Wildman–Crippen MR) is 145 cm³/mol. The van der Waals surface area contributed by atoms with Gasteiger partial charge < -0.3 is 10.2 Å². The van der Waals surface area contributed by atoms with Gasteiger partial charge in [0.15, 0.2) is 0 Å². The summed E-state index contributed by atoms with van der Waals surface area (Å²) >= 11 is 0. The average Bonchev–Trinajstić information content (AvgIpc) is 3.40. The lowest BCUT2D eigenvalue weighted by atomic mass is 10.1. The fourth-order valence-corrected chi connectivity index (χ4v) is 6.07. The van der Waals surface area contributed by atoms with E-state index < -0.39 is 22.0 Å². The third-order valence-corrected chi connectivity index (χ3v) is 8.36. The van der Waals surface area contributed by atoms with Gasteiger partial charge in [-0.15, -0.1) is 0 Å². The molecule has 1 fully saturated rings. The lowest BCUT2D eigenvalue weighted by Crippen LogP contribution is -2.51. The standard InChI is InChI=1S/C29H35N3O4S/c1-3-27(31-37(35,36)26-17-16-23-8-4-5-9-24(23)18-26)29(34)32(19-22-14-12-21(2)13-15-22)20-28(33)30-25-10-6-7-11-25/h4-5,8-9,12-18,25,27,31H,3,6-7,10-11,19-20H2,1-2H3,(H,30,33)/t27-/m0/s1. The van der Waals surface area contributed by atoms with Crippen LogP contribution in [0, 0.1) is 6.92 Å². The van der Waals surface area contributed by atoms with E-state index in [2.05, 4.69) is 10.0 Å². The predicted octanol–water partition coefficient (Wildman–Crippen LogP) is 4.29. The normalized spacial score (nSPS) is 15.0. The van der Waals surface area contributed by atoms with Crippen molar-refractivity contribution in [2.75, 3.05) is 6.54 Å². The van der Waals surface area contributed by atoms with Crippen LogP contribution in [0.3, 0.4) is 0 Å². The van der Waals surface area contributed by atoms with E-state index in [0.29, 0.717) is 0 Å². The largest absolute Gasteiger partial charge is 0.352 e. The number of nitrogens with zero attached hydrogens (tertiary/aromatic N) is 1. The summed E-state index contributed by atoms with van der Waals surface area (Å²) in [5.41, 5.74) is 1.97. The Morgan fingerprint density at radius 1 is 0.973 bits per heavy atom. The molecule has 8 heteroatoms. The molecule has 0 aromatic heterocycles. The molecular weight excluding hydrogens is 486 g/mol. The van der Waals surface area contributed by atoms with E-state index in [-0.39, 0.29) is 36.4 Å². The summed E-state index contributed by atoms with van der Waals surface area (Å²) in [7, 11) is -3.97. The molecule has 2 amide bonds. The molecule has 0 aliphatic heterocycles. The number of rotatable bonds is 10. The Morgan fingerprint density at radius 3 is 2.32 bits per heavy atom. The molecule has 2 N–H and O–H groups in total. The third kappa shape index (κ3) is 6.96. The van der Waals surface area contributed by atoms with Crippen LogP contribution in [0.15, 0.2) is 71.6 Å². The first-order chi connectivity index (χ1) is 17.7. The maximum Gasteiger partial charge on any atom is 0.241 e. The lowest BCUT2D eigenvalue weighted by molar-refractivity contribution is -0.138. The van der Waals surface area contributed by atoms with Crippen molar-refractivity contribution in [2.24, 2.45) is 0 Å². The van der Waals surface area contributed by atoms with Crippen molar-refractivity contribution in [3.05, 3.63) is 77.9 Å². The number of hydrogen-bond acceptors (Lipinski definition) is 4. The van der Waals surface area contributed by atoms with Crippen molar-refractivity contribution in [3.63, 3.8) is 0 Å². The number of carbonyl (C=O) groups is 2. The smallest absolute Gasteiger partial charge is 0.241 e. The summed E-state index contributed by atoms with van der Waals surface area (Å²) < 4.78 is 29.1. The Bertz CT molecular complexity index is 1350. The van der Waals surface area contributed by atoms with Crippen LogP contribution >= 0.6 is 0 Å². The Morgan fingerprint density at radius 2 is 1.65 bits per heavy atom. The van der Waals surface area contributed by atoms with Gasteiger partial charge in [0.25, 0.3) is 0 Å². The third-order valence-electron chi connectivity index (χ3n) is 6.90. The zero-order chi connectivity index (χ0) is 26.4. The molecule has 1 aliphatic carbocycles. The fourth-order valence-electron chi connectivity index (χ4n) is 4.76. The topological polar surface area (TPSA) is 95.6 Å². The van der Waals surface area contributed by atoms with Crippen molar-refractivity contribution in [3.8, 4) is 0 Å². The SMILES string of the molecule is CC[C@H](NS(=O)(=O)c1ccc2ccccc2c1)C(=O)N(CC(=O)NC1CCCC1)Cc1ccc(C)cc1. The first kappa shape index (κ1) is 26.8. The number of carbonyl (C=O) groups excluding carboxylic acids is 2. The Kier molecular flexibility index (Phi) is 8.61. The van der Waals surface area contributed by atoms with Crippen molar-refractivity contribution in [1.29, 1.82) is 0 Å². The van der Waals surface area contributed by atoms with Gasteiger partial charge in [0.05, 0.1) is 11.4 Å². The van der Waals surface area contributed by atoms with Crippen molar-refractivity contribution in [1.82, 2.24) is 14.9 Å². The summed E-state index contributed by atoms with van der Waals surface area (Å²) in [4.78, 5) is 28.1. The van der Waals surface area contributed by atoms with E-state index in [1.54, 1.807) is 25.1 Å². The van der Waals surface area contributed by atoms with Gasteiger partial charge in [-0.1, -0.05) is 79.9 Å². The Hall–Kier alpha value is -3.23. The van der Waals surface area contributed by atoms with Gasteiger partial charge in [0.2, 0.25) is 21.8 Å². The molecule has 0 saturated heterocycles. The van der Waals surface area contributed by atoms with Gasteiger partial charge >= 0.3 is 0 Å². The molecule has 0 radical (unpaired) electrons. The number of hydrogen-bond donors (Lipinski definition) is 2. The Labute approximate surface area is 219 Å². The van der Waals surface area contributed by atoms with Crippen LogP contribution < -0.4 is 10.0 Å². The summed E-state index contributed by atoms with van der Waals surface area (Å²) in [6.07, 6.45) is 4.32. The molecule has 37 heavy (non-hydrogen) atoms. The number of amides is 2. The number of fused-ring (bicyclic) bond motifs is 1. The van der Waals surface area contributed by atoms with Gasteiger partial charge in [-0.2, -0.15) is 4.72 Å². The zero-order valence-corrected chi connectivity index (χ0v) is 22.3. The summed E-state index contributed by atoms with van der Waals surface area (Å²) in [6.45, 7) is 3.83. The first-order valence-corrected chi connectivity index (χ1v) is 14.4. The van der Waals surface area contributed by atoms with E-state index in [4.69, 9.17) is 0 Å². The molecule has 0 heterocycles. The molecule has 3 aromatic carbocycles. The quantitative estimate of drug-likeness (QED) is 0.416. The second kappa shape index (κ2) is 11.9. The van der Waals surface area contributed by atoms with Gasteiger partial charge in [0, 0.05) is 12.6 Å². The molecule has 0 spiro atoms. The number of sulfonamides is 1. The maximum atomic E-state index is 13.7. The highest BCUT2D eigenvalue weighted by atomic mass is 32.2. The second-order valence-electron chi connectivity index (χ2n) is 9.82. The van der Waals surface area contributed by atoms with Gasteiger partial charge in [-0.3, -0.25) is 9.59 Å². The zero-order valence-electron chi connectivity index (χ0n) is 21.4. The molecule has 7 nitrogen and oxygen atoms in total. The molecule has 196 valence electrons. The van der Waals surface area contributed by atoms with E-state index >= 15 is 0 Å². The van der Waals surface area contributed by atoms with Crippen LogP contribution in [0.5, 0.6) is 0 Å². The van der Waals surface area contributed by atoms with Crippen LogP contribution in [0.2, 0.25) is 0 Å². The van der Waals surface area contributed by atoms with Crippen molar-refractivity contribution in [2.45, 2.75) is 69.5 Å². The van der Waals surface area contributed by atoms with E-state index in [1.807, 2.05) is 55.5 Å². The van der Waals surface area contributed by atoms with Gasteiger partial charge in [-0.25, -0.2) is 8.42 Å². The van der Waals surface area contributed by atoms with Crippen LogP contribution in [0.25, 0.3) is 10.8 Å². The number of aryl methyl sites for hydroxylation is 1. The highest BCUT2D eigenvalue weighted by molar-refractivity contribution is 7.89. The minimum Gasteiger partial charge on any atom is -0.352 e. The monoisotopic (exact) mass is 521 g/mol. The maximum absolute atomic E-state index is 13.7. The Balaban J connectivity index is 1.53. The second-order valence-corrected chi connectivity index (χ2v) is 11.5. The van der Waals surface area contributed by atoms with Crippen LogP contribution in [0.4, 0.5) is 0 Å². The van der Waals surface area contributed by atoms with Crippen LogP contribution in [-0.4, -0.2) is 43.8 Å². The van der Waals surface area contributed by atoms with Crippen LogP contribution in [0.1, 0.15) is 50.2 Å². The first-order valence-electron chi connectivity index (χ1n) is 12.9. The van der Waals surface area contributed by atoms with Gasteiger partial charge in [0.1, 0.15) is 6.04 Å². The molecule has 1 atom stereocenters. The number of benzene rings is 3. The van der Waals surface area contributed by atoms with Crippen molar-refractivity contribution < 1.29 is 18.0 Å². The molecular formula is C29H35N3O4S. The molecule has 1 aliphatic rings. The molecule has 1 saturated carbocycles. The fraction of sp³-hybridized carbons (Fsp3) is 0.379. The summed E-state index contributed by atoms with van der Waals surface area (Å²) in [6, 6.07) is 19.3. The average molecular weight is 522 g/mol. The highest BCUT2D eigenvalue weighted by Gasteiger charge is 2.30. The molecule has 0 unspecified atom stereocenters. The molecule has 0 bridgehead atoms.